The Morgan fingerprint density at radius 3 is 2.93 bits per heavy atom. The number of aromatic nitrogens is 1. The second-order valence-corrected chi connectivity index (χ2v) is 3.54. The minimum Gasteiger partial charge on any atom is -0.411 e. The lowest BCUT2D eigenvalue weighted by Crippen LogP contribution is -1.98. The van der Waals surface area contributed by atoms with Crippen molar-refractivity contribution in [3.63, 3.8) is 0 Å². The highest BCUT2D eigenvalue weighted by Crippen LogP contribution is 2.19. The summed E-state index contributed by atoms with van der Waals surface area (Å²) in [5.41, 5.74) is 2.81. The summed E-state index contributed by atoms with van der Waals surface area (Å²) in [6.45, 7) is 2.07. The maximum absolute atomic E-state index is 8.96. The van der Waals surface area contributed by atoms with E-state index in [1.54, 1.807) is 0 Å². The number of oxime groups is 1. The predicted octanol–water partition coefficient (Wildman–Crippen LogP) is 3.15. The fraction of sp³-hybridized carbons (Fsp3) is 0.250. The van der Waals surface area contributed by atoms with E-state index in [1.807, 2.05) is 30.5 Å². The maximum atomic E-state index is 8.96. The number of hydrogen-bond acceptors (Lipinski definition) is 2. The first-order chi connectivity index (χ1) is 7.36. The second kappa shape index (κ2) is 4.17. The molecule has 0 saturated carbocycles. The van der Waals surface area contributed by atoms with Crippen molar-refractivity contribution >= 4 is 16.6 Å². The Kier molecular flexibility index (Phi) is 2.72. The van der Waals surface area contributed by atoms with Crippen LogP contribution >= 0.6 is 0 Å². The van der Waals surface area contributed by atoms with Crippen LogP contribution in [-0.2, 0) is 0 Å². The summed E-state index contributed by atoms with van der Waals surface area (Å²) in [7, 11) is 0. The Bertz CT molecular complexity index is 485. The highest BCUT2D eigenvalue weighted by atomic mass is 16.4. The highest BCUT2D eigenvalue weighted by molar-refractivity contribution is 6.10. The first-order valence-corrected chi connectivity index (χ1v) is 5.14. The van der Waals surface area contributed by atoms with Crippen LogP contribution in [0.1, 0.15) is 25.3 Å². The van der Waals surface area contributed by atoms with Crippen molar-refractivity contribution in [2.75, 3.05) is 0 Å². The molecule has 0 bridgehead atoms. The number of nitrogens with one attached hydrogen (secondary N) is 1. The van der Waals surface area contributed by atoms with Crippen molar-refractivity contribution < 1.29 is 5.21 Å². The molecule has 0 fully saturated rings. The molecule has 1 aromatic heterocycles. The number of rotatable bonds is 3. The number of H-pyrrole nitrogens is 1. The zero-order valence-electron chi connectivity index (χ0n) is 8.70. The van der Waals surface area contributed by atoms with Crippen LogP contribution in [0, 0.1) is 0 Å². The van der Waals surface area contributed by atoms with Crippen LogP contribution in [0.2, 0.25) is 0 Å². The van der Waals surface area contributed by atoms with Crippen LogP contribution in [0.25, 0.3) is 10.9 Å². The standard InChI is InChI=1S/C12H14N2O/c1-2-5-12(14-15)10-8-13-11-7-4-3-6-9(10)11/h3-4,6-8,13,15H,2,5H2,1H3. The van der Waals surface area contributed by atoms with E-state index >= 15 is 0 Å². The van der Waals surface area contributed by atoms with Gasteiger partial charge in [0.05, 0.1) is 5.71 Å². The van der Waals surface area contributed by atoms with Gasteiger partial charge >= 0.3 is 0 Å². The number of benzene rings is 1. The highest BCUT2D eigenvalue weighted by Gasteiger charge is 2.09. The SMILES string of the molecule is CCCC(=NO)c1c[nH]c2ccccc12. The molecule has 0 unspecified atom stereocenters. The molecule has 78 valence electrons. The summed E-state index contributed by atoms with van der Waals surface area (Å²) in [6, 6.07) is 8.01. The molecule has 1 heterocycles. The lowest BCUT2D eigenvalue weighted by Gasteiger charge is -2.00. The second-order valence-electron chi connectivity index (χ2n) is 3.54. The zero-order valence-corrected chi connectivity index (χ0v) is 8.70. The van der Waals surface area contributed by atoms with E-state index in [4.69, 9.17) is 5.21 Å². The molecular weight excluding hydrogens is 188 g/mol. The van der Waals surface area contributed by atoms with Gasteiger partial charge in [-0.05, 0) is 12.5 Å². The van der Waals surface area contributed by atoms with Gasteiger partial charge in [-0.3, -0.25) is 0 Å². The van der Waals surface area contributed by atoms with E-state index in [2.05, 4.69) is 17.1 Å². The lowest BCUT2D eigenvalue weighted by molar-refractivity contribution is 0.318. The van der Waals surface area contributed by atoms with Crippen LogP contribution in [0.4, 0.5) is 0 Å². The molecule has 2 rings (SSSR count). The van der Waals surface area contributed by atoms with Gasteiger partial charge in [-0.1, -0.05) is 36.7 Å². The Morgan fingerprint density at radius 1 is 1.40 bits per heavy atom. The Labute approximate surface area is 88.4 Å². The minimum absolute atomic E-state index is 0.745. The first kappa shape index (κ1) is 9.77. The summed E-state index contributed by atoms with van der Waals surface area (Å²) in [5.74, 6) is 0. The monoisotopic (exact) mass is 202 g/mol. The lowest BCUT2D eigenvalue weighted by atomic mass is 10.1. The van der Waals surface area contributed by atoms with Gasteiger partial charge in [-0.2, -0.15) is 0 Å². The van der Waals surface area contributed by atoms with Gasteiger partial charge in [0.1, 0.15) is 0 Å². The average molecular weight is 202 g/mol. The van der Waals surface area contributed by atoms with Crippen LogP contribution < -0.4 is 0 Å². The molecule has 1 aromatic carbocycles. The van der Waals surface area contributed by atoms with Crippen molar-refractivity contribution in [1.29, 1.82) is 0 Å². The molecular formula is C12H14N2O. The fourth-order valence-corrected chi connectivity index (χ4v) is 1.79. The van der Waals surface area contributed by atoms with E-state index in [-0.39, 0.29) is 0 Å². The number of fused-ring (bicyclic) bond motifs is 1. The van der Waals surface area contributed by atoms with E-state index in [9.17, 15) is 0 Å². The molecule has 0 saturated heterocycles. The van der Waals surface area contributed by atoms with Crippen molar-refractivity contribution in [3.05, 3.63) is 36.0 Å². The first-order valence-electron chi connectivity index (χ1n) is 5.14. The average Bonchev–Trinajstić information content (AvgIpc) is 2.70. The molecule has 2 N–H and O–H groups in total. The third kappa shape index (κ3) is 1.73. The minimum atomic E-state index is 0.745. The van der Waals surface area contributed by atoms with Gasteiger partial charge in [0.15, 0.2) is 0 Å². The Morgan fingerprint density at radius 2 is 2.20 bits per heavy atom. The van der Waals surface area contributed by atoms with Crippen LogP contribution in [-0.4, -0.2) is 15.9 Å². The van der Waals surface area contributed by atoms with Gasteiger partial charge in [0, 0.05) is 22.7 Å². The van der Waals surface area contributed by atoms with E-state index in [0.29, 0.717) is 0 Å². The number of para-hydroxylation sites is 1. The van der Waals surface area contributed by atoms with Gasteiger partial charge in [-0.15, -0.1) is 0 Å². The van der Waals surface area contributed by atoms with Gasteiger partial charge in [0.2, 0.25) is 0 Å². The summed E-state index contributed by atoms with van der Waals surface area (Å²) >= 11 is 0. The molecule has 0 aliphatic heterocycles. The van der Waals surface area contributed by atoms with E-state index < -0.39 is 0 Å². The summed E-state index contributed by atoms with van der Waals surface area (Å²) in [6.07, 6.45) is 3.66. The third-order valence-corrected chi connectivity index (χ3v) is 2.51. The van der Waals surface area contributed by atoms with Crippen molar-refractivity contribution in [1.82, 2.24) is 4.98 Å². The molecule has 0 radical (unpaired) electrons. The fourth-order valence-electron chi connectivity index (χ4n) is 1.79. The van der Waals surface area contributed by atoms with Crippen molar-refractivity contribution in [3.8, 4) is 0 Å². The summed E-state index contributed by atoms with van der Waals surface area (Å²) in [5, 5.41) is 13.4. The summed E-state index contributed by atoms with van der Waals surface area (Å²) < 4.78 is 0. The molecule has 2 aromatic rings. The largest absolute Gasteiger partial charge is 0.411 e. The quantitative estimate of drug-likeness (QED) is 0.448. The topological polar surface area (TPSA) is 48.4 Å². The smallest absolute Gasteiger partial charge is 0.0889 e. The number of nitrogens with zero attached hydrogens (tertiary/aromatic N) is 1. The van der Waals surface area contributed by atoms with Crippen LogP contribution in [0.3, 0.4) is 0 Å². The number of hydrogen-bond donors (Lipinski definition) is 2. The molecule has 0 amide bonds. The summed E-state index contributed by atoms with van der Waals surface area (Å²) in [4.78, 5) is 3.17. The van der Waals surface area contributed by atoms with Crippen molar-refractivity contribution in [2.45, 2.75) is 19.8 Å². The third-order valence-electron chi connectivity index (χ3n) is 2.51. The van der Waals surface area contributed by atoms with E-state index in [1.165, 1.54) is 0 Å². The Balaban J connectivity index is 2.51. The van der Waals surface area contributed by atoms with Gasteiger partial charge in [0.25, 0.3) is 0 Å². The van der Waals surface area contributed by atoms with Gasteiger partial charge in [-0.25, -0.2) is 0 Å². The molecule has 0 aliphatic carbocycles. The normalized spacial score (nSPS) is 12.2. The Hall–Kier alpha value is -1.77. The maximum Gasteiger partial charge on any atom is 0.0889 e. The molecule has 3 nitrogen and oxygen atoms in total. The molecule has 15 heavy (non-hydrogen) atoms. The van der Waals surface area contributed by atoms with Crippen LogP contribution in [0.5, 0.6) is 0 Å². The van der Waals surface area contributed by atoms with E-state index in [0.717, 1.165) is 35.0 Å². The zero-order chi connectivity index (χ0) is 10.7. The molecule has 3 heteroatoms. The molecule has 0 atom stereocenters. The molecule has 0 aliphatic rings. The molecule has 0 spiro atoms. The predicted molar refractivity (Wildman–Crippen MR) is 61.5 cm³/mol. The number of aromatic amines is 1. The van der Waals surface area contributed by atoms with Crippen molar-refractivity contribution in [2.24, 2.45) is 5.16 Å². The van der Waals surface area contributed by atoms with Crippen LogP contribution in [0.15, 0.2) is 35.6 Å². The van der Waals surface area contributed by atoms with Gasteiger partial charge < -0.3 is 10.2 Å².